The van der Waals surface area contributed by atoms with Crippen LogP contribution in [0.3, 0.4) is 0 Å². The first-order chi connectivity index (χ1) is 9.52. The molecule has 0 heterocycles. The predicted octanol–water partition coefficient (Wildman–Crippen LogP) is 1.87. The molecule has 1 amide bonds. The van der Waals surface area contributed by atoms with Crippen molar-refractivity contribution in [2.24, 2.45) is 0 Å². The van der Waals surface area contributed by atoms with Gasteiger partial charge in [-0.25, -0.2) is 0 Å². The van der Waals surface area contributed by atoms with E-state index in [-0.39, 0.29) is 31.2 Å². The highest BCUT2D eigenvalue weighted by Crippen LogP contribution is 2.10. The summed E-state index contributed by atoms with van der Waals surface area (Å²) in [7, 11) is 1.53. The van der Waals surface area contributed by atoms with Gasteiger partial charge in [0.25, 0.3) is 0 Å². The van der Waals surface area contributed by atoms with E-state index in [2.05, 4.69) is 10.6 Å². The van der Waals surface area contributed by atoms with Gasteiger partial charge in [0.05, 0.1) is 0 Å². The lowest BCUT2D eigenvalue weighted by Gasteiger charge is -2.14. The van der Waals surface area contributed by atoms with E-state index < -0.39 is 12.0 Å². The van der Waals surface area contributed by atoms with Crippen LogP contribution in [0.5, 0.6) is 0 Å². The van der Waals surface area contributed by atoms with Crippen molar-refractivity contribution >= 4 is 35.9 Å². The van der Waals surface area contributed by atoms with E-state index in [0.29, 0.717) is 18.0 Å². The summed E-state index contributed by atoms with van der Waals surface area (Å²) >= 11 is 5.88. The first-order valence-electron chi connectivity index (χ1n) is 6.44. The zero-order valence-electron chi connectivity index (χ0n) is 11.8. The Hall–Kier alpha value is -1.30. The molecule has 7 heteroatoms. The highest BCUT2D eigenvalue weighted by Gasteiger charge is 2.17. The van der Waals surface area contributed by atoms with Crippen LogP contribution in [-0.2, 0) is 16.0 Å². The van der Waals surface area contributed by atoms with E-state index in [4.69, 9.17) is 16.7 Å². The van der Waals surface area contributed by atoms with Gasteiger partial charge in [-0.3, -0.25) is 9.59 Å². The number of carbonyl (C=O) groups is 2. The number of benzene rings is 1. The largest absolute Gasteiger partial charge is 0.480 e. The molecule has 0 aromatic heterocycles. The van der Waals surface area contributed by atoms with Gasteiger partial charge in [0.2, 0.25) is 5.91 Å². The molecular formula is C14H20Cl2N2O3. The summed E-state index contributed by atoms with van der Waals surface area (Å²) in [6, 6.07) is 6.73. The van der Waals surface area contributed by atoms with Crippen molar-refractivity contribution in [3.8, 4) is 0 Å². The van der Waals surface area contributed by atoms with Crippen LogP contribution >= 0.6 is 24.0 Å². The lowest BCUT2D eigenvalue weighted by Crippen LogP contribution is -2.38. The molecule has 1 atom stereocenters. The Bertz CT molecular complexity index is 469. The molecule has 5 nitrogen and oxygen atoms in total. The maximum absolute atomic E-state index is 11.1. The Morgan fingerprint density at radius 2 is 2.10 bits per heavy atom. The zero-order chi connectivity index (χ0) is 15.0. The average molecular weight is 335 g/mol. The van der Waals surface area contributed by atoms with Crippen molar-refractivity contribution in [2.45, 2.75) is 25.3 Å². The molecular weight excluding hydrogens is 315 g/mol. The van der Waals surface area contributed by atoms with Crippen molar-refractivity contribution in [2.75, 3.05) is 13.6 Å². The minimum atomic E-state index is -0.944. The number of carboxylic acids is 1. The topological polar surface area (TPSA) is 78.4 Å². The molecule has 0 saturated carbocycles. The van der Waals surface area contributed by atoms with E-state index in [0.717, 1.165) is 5.56 Å². The number of rotatable bonds is 8. The quantitative estimate of drug-likeness (QED) is 0.678. The number of carbonyl (C=O) groups excluding carboxylic acids is 1. The van der Waals surface area contributed by atoms with Crippen molar-refractivity contribution in [3.05, 3.63) is 34.9 Å². The molecule has 0 radical (unpaired) electrons. The summed E-state index contributed by atoms with van der Waals surface area (Å²) in [6.45, 7) is 0.519. The van der Waals surface area contributed by atoms with Crippen LogP contribution in [0.15, 0.2) is 24.3 Å². The van der Waals surface area contributed by atoms with E-state index >= 15 is 0 Å². The van der Waals surface area contributed by atoms with Crippen LogP contribution in [0.1, 0.15) is 18.4 Å². The Labute approximate surface area is 135 Å². The number of carboxylic acid groups (broad SMARTS) is 1. The molecule has 3 N–H and O–H groups in total. The van der Waals surface area contributed by atoms with Crippen LogP contribution in [-0.4, -0.2) is 36.6 Å². The van der Waals surface area contributed by atoms with E-state index in [1.807, 2.05) is 18.2 Å². The molecule has 0 aliphatic carbocycles. The summed E-state index contributed by atoms with van der Waals surface area (Å²) in [4.78, 5) is 22.2. The summed E-state index contributed by atoms with van der Waals surface area (Å²) in [5, 5.41) is 15.2. The maximum atomic E-state index is 11.1. The van der Waals surface area contributed by atoms with Crippen molar-refractivity contribution < 1.29 is 14.7 Å². The summed E-state index contributed by atoms with van der Waals surface area (Å²) < 4.78 is 0. The van der Waals surface area contributed by atoms with Gasteiger partial charge >= 0.3 is 5.97 Å². The third kappa shape index (κ3) is 7.90. The number of aliphatic carboxylic acids is 1. The SMILES string of the molecule is CNC(=O)CC[C@H](NCCc1cccc(Cl)c1)C(=O)O.Cl. The monoisotopic (exact) mass is 334 g/mol. The number of nitrogens with one attached hydrogen (secondary N) is 2. The second-order valence-electron chi connectivity index (χ2n) is 4.44. The molecule has 1 aromatic carbocycles. The molecule has 1 aromatic rings. The lowest BCUT2D eigenvalue weighted by molar-refractivity contribution is -0.139. The minimum absolute atomic E-state index is 0. The Kier molecular flexibility index (Phi) is 9.78. The van der Waals surface area contributed by atoms with Crippen molar-refractivity contribution in [1.29, 1.82) is 0 Å². The smallest absolute Gasteiger partial charge is 0.320 e. The molecule has 0 unspecified atom stereocenters. The Morgan fingerprint density at radius 1 is 1.38 bits per heavy atom. The summed E-state index contributed by atoms with van der Waals surface area (Å²) in [5.74, 6) is -1.10. The maximum Gasteiger partial charge on any atom is 0.320 e. The normalized spacial score (nSPS) is 11.3. The summed E-state index contributed by atoms with van der Waals surface area (Å²) in [5.41, 5.74) is 1.04. The standard InChI is InChI=1S/C14H19ClN2O3.ClH/c1-16-13(18)6-5-12(14(19)20)17-8-7-10-3-2-4-11(15)9-10;/h2-4,9,12,17H,5-8H2,1H3,(H,16,18)(H,19,20);1H/t12-;/m0./s1. The first-order valence-corrected chi connectivity index (χ1v) is 6.82. The Balaban J connectivity index is 0.00000400. The highest BCUT2D eigenvalue weighted by atomic mass is 35.5. The highest BCUT2D eigenvalue weighted by molar-refractivity contribution is 6.30. The van der Waals surface area contributed by atoms with Gasteiger partial charge in [-0.2, -0.15) is 0 Å². The number of amides is 1. The van der Waals surface area contributed by atoms with E-state index in [1.165, 1.54) is 7.05 Å². The molecule has 118 valence electrons. The first kappa shape index (κ1) is 19.7. The van der Waals surface area contributed by atoms with E-state index in [9.17, 15) is 9.59 Å². The molecule has 0 fully saturated rings. The molecule has 0 aliphatic heterocycles. The zero-order valence-corrected chi connectivity index (χ0v) is 13.3. The average Bonchev–Trinajstić information content (AvgIpc) is 2.41. The Morgan fingerprint density at radius 3 is 2.67 bits per heavy atom. The third-order valence-electron chi connectivity index (χ3n) is 2.93. The van der Waals surface area contributed by atoms with Crippen molar-refractivity contribution in [3.63, 3.8) is 0 Å². The van der Waals surface area contributed by atoms with Crippen LogP contribution in [0.2, 0.25) is 5.02 Å². The van der Waals surface area contributed by atoms with Crippen LogP contribution in [0.25, 0.3) is 0 Å². The fourth-order valence-electron chi connectivity index (χ4n) is 1.80. The molecule has 0 saturated heterocycles. The van der Waals surface area contributed by atoms with Gasteiger partial charge in [-0.1, -0.05) is 23.7 Å². The van der Waals surface area contributed by atoms with Crippen LogP contribution in [0, 0.1) is 0 Å². The van der Waals surface area contributed by atoms with Gasteiger partial charge in [0.1, 0.15) is 6.04 Å². The fraction of sp³-hybridized carbons (Fsp3) is 0.429. The minimum Gasteiger partial charge on any atom is -0.480 e. The van der Waals surface area contributed by atoms with E-state index in [1.54, 1.807) is 6.07 Å². The molecule has 0 bridgehead atoms. The predicted molar refractivity (Wildman–Crippen MR) is 85.1 cm³/mol. The van der Waals surface area contributed by atoms with Crippen LogP contribution in [0.4, 0.5) is 0 Å². The molecule has 21 heavy (non-hydrogen) atoms. The lowest BCUT2D eigenvalue weighted by atomic mass is 10.1. The molecule has 1 rings (SSSR count). The number of hydrogen-bond acceptors (Lipinski definition) is 3. The van der Waals surface area contributed by atoms with Gasteiger partial charge in [-0.15, -0.1) is 12.4 Å². The van der Waals surface area contributed by atoms with Gasteiger partial charge in [-0.05, 0) is 37.1 Å². The van der Waals surface area contributed by atoms with Gasteiger partial charge in [0, 0.05) is 18.5 Å². The number of hydrogen-bond donors (Lipinski definition) is 3. The second kappa shape index (κ2) is 10.4. The fourth-order valence-corrected chi connectivity index (χ4v) is 2.01. The summed E-state index contributed by atoms with van der Waals surface area (Å²) in [6.07, 6.45) is 1.15. The van der Waals surface area contributed by atoms with Gasteiger partial charge < -0.3 is 15.7 Å². The van der Waals surface area contributed by atoms with Gasteiger partial charge in [0.15, 0.2) is 0 Å². The second-order valence-corrected chi connectivity index (χ2v) is 4.87. The number of halogens is 2. The molecule has 0 aliphatic rings. The molecule has 0 spiro atoms. The third-order valence-corrected chi connectivity index (χ3v) is 3.17. The van der Waals surface area contributed by atoms with Crippen LogP contribution < -0.4 is 10.6 Å². The van der Waals surface area contributed by atoms with Crippen molar-refractivity contribution in [1.82, 2.24) is 10.6 Å².